The van der Waals surface area contributed by atoms with Crippen LogP contribution in [0.15, 0.2) is 0 Å². The first-order chi connectivity index (χ1) is 9.27. The maximum Gasteiger partial charge on any atom is 0.132 e. The first-order valence-electron chi connectivity index (χ1n) is 6.56. The Kier molecular flexibility index (Phi) is 15.1. The molecule has 0 N–H and O–H groups in total. The molecule has 0 saturated heterocycles. The molecule has 6 heteroatoms. The van der Waals surface area contributed by atoms with Gasteiger partial charge in [0, 0.05) is 13.5 Å². The zero-order valence-electron chi connectivity index (χ0n) is 12.0. The number of ether oxygens (including phenoxy) is 5. The average molecular weight is 278 g/mol. The Balaban J connectivity index is 2.93. The molecular formula is C13H26O6. The summed E-state index contributed by atoms with van der Waals surface area (Å²) in [6.45, 7) is 6.44. The number of rotatable bonds is 15. The second-order valence-electron chi connectivity index (χ2n) is 3.89. The van der Waals surface area contributed by atoms with Crippen LogP contribution in [0.1, 0.15) is 13.3 Å². The van der Waals surface area contributed by atoms with Crippen molar-refractivity contribution in [3.8, 4) is 0 Å². The fraction of sp³-hybridized carbons (Fsp3) is 0.923. The summed E-state index contributed by atoms with van der Waals surface area (Å²) in [5.41, 5.74) is 0. The molecule has 0 atom stereocenters. The van der Waals surface area contributed by atoms with Crippen LogP contribution in [0.25, 0.3) is 0 Å². The number of ketones is 1. The topological polar surface area (TPSA) is 63.2 Å². The predicted molar refractivity (Wildman–Crippen MR) is 70.5 cm³/mol. The molecule has 0 unspecified atom stereocenters. The molecular weight excluding hydrogens is 252 g/mol. The zero-order chi connectivity index (χ0) is 14.2. The highest BCUT2D eigenvalue weighted by atomic mass is 16.6. The van der Waals surface area contributed by atoms with Crippen LogP contribution in [-0.2, 0) is 28.5 Å². The smallest absolute Gasteiger partial charge is 0.132 e. The molecule has 19 heavy (non-hydrogen) atoms. The Hall–Kier alpha value is -0.530. The molecule has 0 spiro atoms. The largest absolute Gasteiger partial charge is 0.382 e. The summed E-state index contributed by atoms with van der Waals surface area (Å²) in [6, 6.07) is 0. The molecule has 0 fully saturated rings. The molecule has 6 nitrogen and oxygen atoms in total. The molecule has 114 valence electrons. The van der Waals surface area contributed by atoms with Crippen LogP contribution in [0.3, 0.4) is 0 Å². The van der Waals surface area contributed by atoms with E-state index in [1.807, 2.05) is 0 Å². The monoisotopic (exact) mass is 278 g/mol. The normalized spacial score (nSPS) is 10.8. The van der Waals surface area contributed by atoms with Crippen LogP contribution in [0.4, 0.5) is 0 Å². The first-order valence-corrected chi connectivity index (χ1v) is 6.56. The minimum atomic E-state index is 0.141. The molecule has 0 rings (SSSR count). The summed E-state index contributed by atoms with van der Waals surface area (Å²) in [6.07, 6.45) is 0.464. The highest BCUT2D eigenvalue weighted by Gasteiger charge is 1.94. The van der Waals surface area contributed by atoms with Gasteiger partial charge in [0.25, 0.3) is 0 Å². The van der Waals surface area contributed by atoms with Crippen LogP contribution in [-0.4, -0.2) is 72.4 Å². The van der Waals surface area contributed by atoms with E-state index in [-0.39, 0.29) is 5.78 Å². The predicted octanol–water partition coefficient (Wildman–Crippen LogP) is 0.678. The second-order valence-corrected chi connectivity index (χ2v) is 3.89. The van der Waals surface area contributed by atoms with Crippen molar-refractivity contribution in [2.45, 2.75) is 13.3 Å². The highest BCUT2D eigenvalue weighted by molar-refractivity contribution is 5.75. The van der Waals surface area contributed by atoms with Crippen molar-refractivity contribution in [1.82, 2.24) is 0 Å². The lowest BCUT2D eigenvalue weighted by Crippen LogP contribution is -2.13. The number of methoxy groups -OCH3 is 1. The molecule has 0 amide bonds. The summed E-state index contributed by atoms with van der Waals surface area (Å²) < 4.78 is 25.9. The molecule has 0 aliphatic heterocycles. The van der Waals surface area contributed by atoms with Gasteiger partial charge in [-0.2, -0.15) is 0 Å². The quantitative estimate of drug-likeness (QED) is 0.410. The maximum absolute atomic E-state index is 10.6. The fourth-order valence-corrected chi connectivity index (χ4v) is 1.12. The minimum Gasteiger partial charge on any atom is -0.382 e. The van der Waals surface area contributed by atoms with Crippen LogP contribution in [0.2, 0.25) is 0 Å². The third-order valence-corrected chi connectivity index (χ3v) is 2.15. The van der Waals surface area contributed by atoms with Gasteiger partial charge in [0.1, 0.15) is 5.78 Å². The molecule has 0 aliphatic rings. The van der Waals surface area contributed by atoms with Gasteiger partial charge in [-0.25, -0.2) is 0 Å². The number of hydrogen-bond donors (Lipinski definition) is 0. The van der Waals surface area contributed by atoms with Crippen molar-refractivity contribution < 1.29 is 28.5 Å². The molecule has 0 bridgehead atoms. The van der Waals surface area contributed by atoms with Gasteiger partial charge in [0.05, 0.1) is 59.5 Å². The van der Waals surface area contributed by atoms with Crippen LogP contribution >= 0.6 is 0 Å². The third-order valence-electron chi connectivity index (χ3n) is 2.15. The molecule has 0 radical (unpaired) electrons. The minimum absolute atomic E-state index is 0.141. The van der Waals surface area contributed by atoms with Crippen molar-refractivity contribution in [1.29, 1.82) is 0 Å². The standard InChI is InChI=1S/C13H26O6/c1-13(14)3-4-16-7-8-18-11-12-19-10-9-17-6-5-15-2/h3-12H2,1-2H3. The van der Waals surface area contributed by atoms with E-state index in [9.17, 15) is 4.79 Å². The molecule has 0 aliphatic carbocycles. The highest BCUT2D eigenvalue weighted by Crippen LogP contribution is 1.86. The van der Waals surface area contributed by atoms with Gasteiger partial charge in [-0.1, -0.05) is 0 Å². The van der Waals surface area contributed by atoms with E-state index in [2.05, 4.69) is 0 Å². The van der Waals surface area contributed by atoms with Gasteiger partial charge in [-0.05, 0) is 6.92 Å². The summed E-state index contributed by atoms with van der Waals surface area (Å²) in [7, 11) is 1.64. The Labute approximate surface area is 115 Å². The van der Waals surface area contributed by atoms with Gasteiger partial charge >= 0.3 is 0 Å². The number of Topliss-reactive ketones (excluding diaryl/α,β-unsaturated/α-hetero) is 1. The summed E-state index contributed by atoms with van der Waals surface area (Å²) >= 11 is 0. The summed E-state index contributed by atoms with van der Waals surface area (Å²) in [5.74, 6) is 0.141. The summed E-state index contributed by atoms with van der Waals surface area (Å²) in [5, 5.41) is 0. The van der Waals surface area contributed by atoms with E-state index in [1.165, 1.54) is 0 Å². The average Bonchev–Trinajstić information content (AvgIpc) is 2.39. The number of hydrogen-bond acceptors (Lipinski definition) is 6. The molecule has 0 aromatic carbocycles. The lowest BCUT2D eigenvalue weighted by molar-refractivity contribution is -0.118. The Morgan fingerprint density at radius 1 is 0.684 bits per heavy atom. The van der Waals surface area contributed by atoms with Crippen molar-refractivity contribution in [2.24, 2.45) is 0 Å². The van der Waals surface area contributed by atoms with Gasteiger partial charge < -0.3 is 23.7 Å². The van der Waals surface area contributed by atoms with E-state index < -0.39 is 0 Å². The Morgan fingerprint density at radius 3 is 1.42 bits per heavy atom. The van der Waals surface area contributed by atoms with Gasteiger partial charge in [-0.15, -0.1) is 0 Å². The summed E-state index contributed by atoms with van der Waals surface area (Å²) in [4.78, 5) is 10.6. The molecule has 0 heterocycles. The third kappa shape index (κ3) is 17.5. The Morgan fingerprint density at radius 2 is 1.05 bits per heavy atom. The molecule has 0 saturated carbocycles. The van der Waals surface area contributed by atoms with E-state index in [4.69, 9.17) is 23.7 Å². The second kappa shape index (κ2) is 15.5. The van der Waals surface area contributed by atoms with Crippen molar-refractivity contribution in [3.05, 3.63) is 0 Å². The van der Waals surface area contributed by atoms with E-state index in [1.54, 1.807) is 14.0 Å². The zero-order valence-corrected chi connectivity index (χ0v) is 12.0. The molecule has 0 aromatic rings. The van der Waals surface area contributed by atoms with E-state index >= 15 is 0 Å². The van der Waals surface area contributed by atoms with Crippen molar-refractivity contribution >= 4 is 5.78 Å². The van der Waals surface area contributed by atoms with Crippen molar-refractivity contribution in [3.63, 3.8) is 0 Å². The SMILES string of the molecule is COCCOCCOCCOCCOCCC(C)=O. The lowest BCUT2D eigenvalue weighted by Gasteiger charge is -2.07. The first kappa shape index (κ1) is 18.5. The molecule has 0 aromatic heterocycles. The van der Waals surface area contributed by atoms with E-state index in [0.29, 0.717) is 65.9 Å². The van der Waals surface area contributed by atoms with Crippen LogP contribution in [0.5, 0.6) is 0 Å². The van der Waals surface area contributed by atoms with Gasteiger partial charge in [0.15, 0.2) is 0 Å². The van der Waals surface area contributed by atoms with Crippen LogP contribution < -0.4 is 0 Å². The maximum atomic E-state index is 10.6. The van der Waals surface area contributed by atoms with E-state index in [0.717, 1.165) is 0 Å². The Bertz CT molecular complexity index is 198. The fourth-order valence-electron chi connectivity index (χ4n) is 1.12. The van der Waals surface area contributed by atoms with Crippen LogP contribution in [0, 0.1) is 0 Å². The van der Waals surface area contributed by atoms with Crippen molar-refractivity contribution in [2.75, 3.05) is 66.6 Å². The lowest BCUT2D eigenvalue weighted by atomic mass is 10.3. The van der Waals surface area contributed by atoms with Gasteiger partial charge in [0.2, 0.25) is 0 Å². The number of carbonyl (C=O) groups excluding carboxylic acids is 1. The number of carbonyl (C=O) groups is 1. The van der Waals surface area contributed by atoms with Gasteiger partial charge in [-0.3, -0.25) is 4.79 Å².